The fourth-order valence-electron chi connectivity index (χ4n) is 1.78. The van der Waals surface area contributed by atoms with Gasteiger partial charge in [-0.25, -0.2) is 4.39 Å². The summed E-state index contributed by atoms with van der Waals surface area (Å²) >= 11 is 5.68. The van der Waals surface area contributed by atoms with Crippen LogP contribution in [0.2, 0.25) is 5.02 Å². The number of halogens is 2. The molecule has 1 aromatic carbocycles. The molecule has 17 heavy (non-hydrogen) atoms. The Morgan fingerprint density at radius 3 is 2.82 bits per heavy atom. The first-order valence-corrected chi connectivity index (χ1v) is 6.20. The van der Waals surface area contributed by atoms with E-state index in [9.17, 15) is 9.50 Å². The molecule has 0 aliphatic heterocycles. The van der Waals surface area contributed by atoms with Crippen molar-refractivity contribution in [3.63, 3.8) is 0 Å². The summed E-state index contributed by atoms with van der Waals surface area (Å²) in [5, 5.41) is 13.1. The normalized spacial score (nSPS) is 14.6. The zero-order chi connectivity index (χ0) is 12.9. The van der Waals surface area contributed by atoms with Gasteiger partial charge >= 0.3 is 0 Å². The number of hydrogen-bond acceptors (Lipinski definition) is 2. The molecule has 0 bridgehead atoms. The zero-order valence-corrected chi connectivity index (χ0v) is 11.0. The standard InChI is InChI=1S/C13H19ClFNO/c1-3-7-13(2,17)9-16-8-10-5-4-6-11(14)12(10)15/h4-6,16-17H,3,7-9H2,1-2H3. The van der Waals surface area contributed by atoms with Gasteiger partial charge in [-0.2, -0.15) is 0 Å². The second kappa shape index (κ2) is 6.34. The first-order valence-electron chi connectivity index (χ1n) is 5.82. The summed E-state index contributed by atoms with van der Waals surface area (Å²) in [6.07, 6.45) is 1.64. The van der Waals surface area contributed by atoms with E-state index in [-0.39, 0.29) is 5.02 Å². The molecule has 96 valence electrons. The van der Waals surface area contributed by atoms with Crippen LogP contribution in [-0.2, 0) is 6.54 Å². The summed E-state index contributed by atoms with van der Waals surface area (Å²) in [6.45, 7) is 4.60. The molecule has 1 aromatic rings. The topological polar surface area (TPSA) is 32.3 Å². The van der Waals surface area contributed by atoms with E-state index in [4.69, 9.17) is 11.6 Å². The fourth-order valence-corrected chi connectivity index (χ4v) is 1.97. The number of benzene rings is 1. The number of aliphatic hydroxyl groups is 1. The predicted octanol–water partition coefficient (Wildman–Crippen LogP) is 3.12. The van der Waals surface area contributed by atoms with Gasteiger partial charge in [0, 0.05) is 18.7 Å². The molecule has 1 unspecified atom stereocenters. The molecule has 2 N–H and O–H groups in total. The second-order valence-corrected chi connectivity index (χ2v) is 4.97. The highest BCUT2D eigenvalue weighted by molar-refractivity contribution is 6.30. The third-order valence-electron chi connectivity index (χ3n) is 2.64. The molecule has 4 heteroatoms. The van der Waals surface area contributed by atoms with Gasteiger partial charge in [0.2, 0.25) is 0 Å². The maximum absolute atomic E-state index is 13.5. The van der Waals surface area contributed by atoms with E-state index in [0.29, 0.717) is 18.7 Å². The van der Waals surface area contributed by atoms with Gasteiger partial charge in [-0.05, 0) is 19.4 Å². The van der Waals surface area contributed by atoms with Crippen molar-refractivity contribution in [2.75, 3.05) is 6.54 Å². The minimum absolute atomic E-state index is 0.129. The van der Waals surface area contributed by atoms with Crippen molar-refractivity contribution < 1.29 is 9.50 Å². The lowest BCUT2D eigenvalue weighted by atomic mass is 10.0. The first-order chi connectivity index (χ1) is 7.96. The highest BCUT2D eigenvalue weighted by atomic mass is 35.5. The van der Waals surface area contributed by atoms with Crippen molar-refractivity contribution in [2.24, 2.45) is 0 Å². The molecule has 0 aromatic heterocycles. The van der Waals surface area contributed by atoms with Crippen LogP contribution in [0.4, 0.5) is 4.39 Å². The van der Waals surface area contributed by atoms with Crippen LogP contribution in [0.25, 0.3) is 0 Å². The van der Waals surface area contributed by atoms with Gasteiger partial charge in [0.05, 0.1) is 10.6 Å². The molecule has 0 saturated heterocycles. The average Bonchev–Trinajstić information content (AvgIpc) is 2.24. The Bertz CT molecular complexity index is 368. The van der Waals surface area contributed by atoms with Gasteiger partial charge in [0.25, 0.3) is 0 Å². The van der Waals surface area contributed by atoms with E-state index in [0.717, 1.165) is 12.8 Å². The zero-order valence-electron chi connectivity index (χ0n) is 10.3. The van der Waals surface area contributed by atoms with Gasteiger partial charge < -0.3 is 10.4 Å². The van der Waals surface area contributed by atoms with Gasteiger partial charge in [-0.15, -0.1) is 0 Å². The molecule has 1 atom stereocenters. The Hall–Kier alpha value is -0.640. The van der Waals surface area contributed by atoms with Gasteiger partial charge in [-0.1, -0.05) is 37.1 Å². The van der Waals surface area contributed by atoms with E-state index in [2.05, 4.69) is 5.32 Å². The van der Waals surface area contributed by atoms with Crippen molar-refractivity contribution in [1.29, 1.82) is 0 Å². The monoisotopic (exact) mass is 259 g/mol. The summed E-state index contributed by atoms with van der Waals surface area (Å²) in [5.74, 6) is -0.392. The van der Waals surface area contributed by atoms with Crippen molar-refractivity contribution in [3.8, 4) is 0 Å². The van der Waals surface area contributed by atoms with Crippen LogP contribution < -0.4 is 5.32 Å². The molecule has 0 aliphatic carbocycles. The average molecular weight is 260 g/mol. The Kier molecular flexibility index (Phi) is 5.37. The van der Waals surface area contributed by atoms with E-state index < -0.39 is 11.4 Å². The van der Waals surface area contributed by atoms with Crippen molar-refractivity contribution >= 4 is 11.6 Å². The highest BCUT2D eigenvalue weighted by Gasteiger charge is 2.18. The summed E-state index contributed by atoms with van der Waals surface area (Å²) in [6, 6.07) is 4.92. The quantitative estimate of drug-likeness (QED) is 0.823. The number of nitrogens with one attached hydrogen (secondary N) is 1. The summed E-state index contributed by atoms with van der Waals surface area (Å²) < 4.78 is 13.5. The molecular weight excluding hydrogens is 241 g/mol. The molecule has 0 heterocycles. The van der Waals surface area contributed by atoms with Crippen LogP contribution in [0.1, 0.15) is 32.3 Å². The number of rotatable bonds is 6. The predicted molar refractivity (Wildman–Crippen MR) is 68.6 cm³/mol. The molecule has 0 amide bonds. The molecule has 0 saturated carbocycles. The third kappa shape index (κ3) is 4.62. The van der Waals surface area contributed by atoms with E-state index in [1.165, 1.54) is 6.07 Å². The van der Waals surface area contributed by atoms with E-state index in [1.807, 2.05) is 6.92 Å². The minimum Gasteiger partial charge on any atom is -0.389 e. The van der Waals surface area contributed by atoms with Crippen molar-refractivity contribution in [1.82, 2.24) is 5.32 Å². The van der Waals surface area contributed by atoms with Crippen LogP contribution in [0.5, 0.6) is 0 Å². The maximum Gasteiger partial charge on any atom is 0.146 e. The number of hydrogen-bond donors (Lipinski definition) is 2. The molecule has 0 fully saturated rings. The molecule has 1 rings (SSSR count). The van der Waals surface area contributed by atoms with Gasteiger partial charge in [0.1, 0.15) is 5.82 Å². The SMILES string of the molecule is CCCC(C)(O)CNCc1cccc(Cl)c1F. The molecule has 0 aliphatic rings. The van der Waals surface area contributed by atoms with Gasteiger partial charge in [0.15, 0.2) is 0 Å². The Balaban J connectivity index is 2.49. The van der Waals surface area contributed by atoms with Crippen molar-refractivity contribution in [3.05, 3.63) is 34.6 Å². The van der Waals surface area contributed by atoms with E-state index >= 15 is 0 Å². The fraction of sp³-hybridized carbons (Fsp3) is 0.538. The lowest BCUT2D eigenvalue weighted by Gasteiger charge is -2.23. The smallest absolute Gasteiger partial charge is 0.146 e. The Morgan fingerprint density at radius 2 is 2.18 bits per heavy atom. The van der Waals surface area contributed by atoms with E-state index in [1.54, 1.807) is 19.1 Å². The molecular formula is C13H19ClFNO. The first kappa shape index (κ1) is 14.4. The lowest BCUT2D eigenvalue weighted by molar-refractivity contribution is 0.0497. The van der Waals surface area contributed by atoms with Crippen LogP contribution in [0.15, 0.2) is 18.2 Å². The molecule has 2 nitrogen and oxygen atoms in total. The summed E-state index contributed by atoms with van der Waals surface area (Å²) in [7, 11) is 0. The third-order valence-corrected chi connectivity index (χ3v) is 2.93. The van der Waals surface area contributed by atoms with Crippen molar-refractivity contribution in [2.45, 2.75) is 38.8 Å². The maximum atomic E-state index is 13.5. The van der Waals surface area contributed by atoms with Crippen LogP contribution in [0, 0.1) is 5.82 Å². The summed E-state index contributed by atoms with van der Waals surface area (Å²) in [4.78, 5) is 0. The second-order valence-electron chi connectivity index (χ2n) is 4.56. The van der Waals surface area contributed by atoms with Crippen LogP contribution >= 0.6 is 11.6 Å². The van der Waals surface area contributed by atoms with Crippen LogP contribution in [-0.4, -0.2) is 17.3 Å². The Morgan fingerprint density at radius 1 is 1.47 bits per heavy atom. The molecule has 0 spiro atoms. The minimum atomic E-state index is -0.746. The van der Waals surface area contributed by atoms with Crippen LogP contribution in [0.3, 0.4) is 0 Å². The summed E-state index contributed by atoms with van der Waals surface area (Å²) in [5.41, 5.74) is -0.228. The lowest BCUT2D eigenvalue weighted by Crippen LogP contribution is -2.37. The molecule has 0 radical (unpaired) electrons. The highest BCUT2D eigenvalue weighted by Crippen LogP contribution is 2.18. The van der Waals surface area contributed by atoms with Gasteiger partial charge in [-0.3, -0.25) is 0 Å². The largest absolute Gasteiger partial charge is 0.389 e. The Labute approximate surface area is 107 Å².